The molecule has 3 heterocycles. The molecule has 0 spiro atoms. The molecular weight excluding hydrogens is 264 g/mol. The maximum atomic E-state index is 10.7. The number of hydrogen-bond acceptors (Lipinski definition) is 7. The molecule has 1 saturated heterocycles. The second-order valence-electron chi connectivity index (χ2n) is 4.69. The SMILES string of the molecule is CCc1nc(CN2CC(n3cc(C(=O)O)nn3)C2)no1. The van der Waals surface area contributed by atoms with E-state index in [2.05, 4.69) is 25.4 Å². The summed E-state index contributed by atoms with van der Waals surface area (Å²) >= 11 is 0. The van der Waals surface area contributed by atoms with Gasteiger partial charge in [-0.1, -0.05) is 17.3 Å². The number of hydrogen-bond donors (Lipinski definition) is 1. The number of carboxylic acids is 1. The Bertz CT molecular complexity index is 615. The maximum Gasteiger partial charge on any atom is 0.358 e. The first-order valence-electron chi connectivity index (χ1n) is 6.34. The van der Waals surface area contributed by atoms with Crippen molar-refractivity contribution in [3.63, 3.8) is 0 Å². The molecule has 9 nitrogen and oxygen atoms in total. The summed E-state index contributed by atoms with van der Waals surface area (Å²) in [6.07, 6.45) is 2.18. The summed E-state index contributed by atoms with van der Waals surface area (Å²) in [5.74, 6) is 0.246. The quantitative estimate of drug-likeness (QED) is 0.812. The van der Waals surface area contributed by atoms with Crippen LogP contribution in [0.3, 0.4) is 0 Å². The molecule has 1 N–H and O–H groups in total. The lowest BCUT2D eigenvalue weighted by Gasteiger charge is -2.37. The Labute approximate surface area is 114 Å². The zero-order valence-corrected chi connectivity index (χ0v) is 10.9. The highest BCUT2D eigenvalue weighted by Gasteiger charge is 2.30. The van der Waals surface area contributed by atoms with Gasteiger partial charge in [0.2, 0.25) is 5.89 Å². The van der Waals surface area contributed by atoms with Gasteiger partial charge in [-0.15, -0.1) is 5.10 Å². The highest BCUT2D eigenvalue weighted by Crippen LogP contribution is 2.21. The molecule has 0 saturated carbocycles. The van der Waals surface area contributed by atoms with E-state index in [0.29, 0.717) is 18.3 Å². The van der Waals surface area contributed by atoms with Crippen LogP contribution < -0.4 is 0 Å². The Hall–Kier alpha value is -2.29. The largest absolute Gasteiger partial charge is 0.476 e. The molecule has 1 aliphatic heterocycles. The first kappa shape index (κ1) is 12.7. The first-order chi connectivity index (χ1) is 9.65. The molecule has 106 valence electrons. The van der Waals surface area contributed by atoms with Crippen molar-refractivity contribution in [1.82, 2.24) is 30.0 Å². The molecule has 0 aromatic carbocycles. The highest BCUT2D eigenvalue weighted by atomic mass is 16.5. The van der Waals surface area contributed by atoms with Gasteiger partial charge in [0.1, 0.15) is 0 Å². The fourth-order valence-electron chi connectivity index (χ4n) is 2.09. The smallest absolute Gasteiger partial charge is 0.358 e. The van der Waals surface area contributed by atoms with E-state index in [-0.39, 0.29) is 11.7 Å². The van der Waals surface area contributed by atoms with Crippen molar-refractivity contribution in [3.8, 4) is 0 Å². The number of likely N-dealkylation sites (tertiary alicyclic amines) is 1. The zero-order chi connectivity index (χ0) is 14.1. The van der Waals surface area contributed by atoms with Gasteiger partial charge in [0, 0.05) is 19.5 Å². The number of carbonyl (C=O) groups is 1. The van der Waals surface area contributed by atoms with E-state index in [4.69, 9.17) is 9.63 Å². The molecule has 0 amide bonds. The Kier molecular flexibility index (Phi) is 3.18. The standard InChI is InChI=1S/C11H14N6O3/c1-2-10-12-9(14-20-10)6-16-3-7(4-16)17-5-8(11(18)19)13-15-17/h5,7H,2-4,6H2,1H3,(H,18,19). The minimum absolute atomic E-state index is 0.0331. The Morgan fingerprint density at radius 2 is 2.35 bits per heavy atom. The third-order valence-electron chi connectivity index (χ3n) is 3.22. The fourth-order valence-corrected chi connectivity index (χ4v) is 2.09. The molecule has 0 unspecified atom stereocenters. The molecule has 2 aromatic rings. The van der Waals surface area contributed by atoms with Crippen molar-refractivity contribution in [1.29, 1.82) is 0 Å². The second-order valence-corrected chi connectivity index (χ2v) is 4.69. The van der Waals surface area contributed by atoms with Gasteiger partial charge in [0.05, 0.1) is 18.8 Å². The minimum atomic E-state index is -1.06. The lowest BCUT2D eigenvalue weighted by molar-refractivity contribution is 0.0689. The van der Waals surface area contributed by atoms with Gasteiger partial charge in [-0.3, -0.25) is 4.90 Å². The molecule has 0 aliphatic carbocycles. The van der Waals surface area contributed by atoms with Crippen molar-refractivity contribution in [3.05, 3.63) is 23.6 Å². The predicted octanol–water partition coefficient (Wildman–Crippen LogP) is -0.0214. The van der Waals surface area contributed by atoms with Crippen LogP contribution in [-0.4, -0.2) is 54.2 Å². The number of rotatable bonds is 5. The Morgan fingerprint density at radius 3 is 2.95 bits per heavy atom. The molecule has 9 heteroatoms. The van der Waals surface area contributed by atoms with Crippen molar-refractivity contribution in [2.45, 2.75) is 25.9 Å². The van der Waals surface area contributed by atoms with Gasteiger partial charge >= 0.3 is 5.97 Å². The van der Waals surface area contributed by atoms with Gasteiger partial charge in [0.15, 0.2) is 11.5 Å². The van der Waals surface area contributed by atoms with Crippen LogP contribution in [0.4, 0.5) is 0 Å². The van der Waals surface area contributed by atoms with Gasteiger partial charge in [-0.2, -0.15) is 4.98 Å². The van der Waals surface area contributed by atoms with Crippen molar-refractivity contribution >= 4 is 5.97 Å². The molecule has 0 atom stereocenters. The van der Waals surface area contributed by atoms with E-state index in [9.17, 15) is 4.79 Å². The normalized spacial score (nSPS) is 16.2. The van der Waals surface area contributed by atoms with Crippen LogP contribution in [0.15, 0.2) is 10.7 Å². The molecule has 20 heavy (non-hydrogen) atoms. The summed E-state index contributed by atoms with van der Waals surface area (Å²) in [5.41, 5.74) is -0.0331. The number of aryl methyl sites for hydroxylation is 1. The van der Waals surface area contributed by atoms with Gasteiger partial charge in [-0.05, 0) is 0 Å². The summed E-state index contributed by atoms with van der Waals surface area (Å²) in [6.45, 7) is 4.11. The molecular formula is C11H14N6O3. The topological polar surface area (TPSA) is 110 Å². The zero-order valence-electron chi connectivity index (χ0n) is 10.9. The van der Waals surface area contributed by atoms with E-state index in [1.165, 1.54) is 6.20 Å². The number of aromatic nitrogens is 5. The second kappa shape index (κ2) is 5.00. The summed E-state index contributed by atoms with van der Waals surface area (Å²) in [4.78, 5) is 17.1. The van der Waals surface area contributed by atoms with Gasteiger partial charge in [0.25, 0.3) is 0 Å². The van der Waals surface area contributed by atoms with Gasteiger partial charge < -0.3 is 9.63 Å². The molecule has 1 fully saturated rings. The summed E-state index contributed by atoms with van der Waals surface area (Å²) in [7, 11) is 0. The van der Waals surface area contributed by atoms with E-state index in [0.717, 1.165) is 19.5 Å². The molecule has 2 aromatic heterocycles. The van der Waals surface area contributed by atoms with Crippen molar-refractivity contribution in [2.24, 2.45) is 0 Å². The van der Waals surface area contributed by atoms with Crippen LogP contribution in [0, 0.1) is 0 Å². The molecule has 0 bridgehead atoms. The Morgan fingerprint density at radius 1 is 1.55 bits per heavy atom. The van der Waals surface area contributed by atoms with E-state index >= 15 is 0 Å². The van der Waals surface area contributed by atoms with E-state index in [1.807, 2.05) is 6.92 Å². The van der Waals surface area contributed by atoms with Crippen molar-refractivity contribution < 1.29 is 14.4 Å². The minimum Gasteiger partial charge on any atom is -0.476 e. The summed E-state index contributed by atoms with van der Waals surface area (Å²) < 4.78 is 6.63. The molecule has 1 aliphatic rings. The van der Waals surface area contributed by atoms with Crippen LogP contribution >= 0.6 is 0 Å². The van der Waals surface area contributed by atoms with Gasteiger partial charge in [-0.25, -0.2) is 9.48 Å². The Balaban J connectivity index is 1.54. The fraction of sp³-hybridized carbons (Fsp3) is 0.545. The van der Waals surface area contributed by atoms with Crippen LogP contribution in [-0.2, 0) is 13.0 Å². The number of carboxylic acid groups (broad SMARTS) is 1. The lowest BCUT2D eigenvalue weighted by atomic mass is 10.1. The van der Waals surface area contributed by atoms with Crippen LogP contribution in [0.1, 0.15) is 35.2 Å². The maximum absolute atomic E-state index is 10.7. The first-order valence-corrected chi connectivity index (χ1v) is 6.34. The van der Waals surface area contributed by atoms with E-state index in [1.54, 1.807) is 4.68 Å². The molecule has 0 radical (unpaired) electrons. The van der Waals surface area contributed by atoms with E-state index < -0.39 is 5.97 Å². The predicted molar refractivity (Wildman–Crippen MR) is 65.0 cm³/mol. The average Bonchev–Trinajstić information content (AvgIpc) is 3.02. The van der Waals surface area contributed by atoms with Crippen LogP contribution in [0.2, 0.25) is 0 Å². The van der Waals surface area contributed by atoms with Crippen LogP contribution in [0.25, 0.3) is 0 Å². The third kappa shape index (κ3) is 2.39. The number of nitrogens with zero attached hydrogens (tertiary/aromatic N) is 6. The summed E-state index contributed by atoms with van der Waals surface area (Å²) in [6, 6.07) is 0.146. The highest BCUT2D eigenvalue weighted by molar-refractivity contribution is 5.84. The third-order valence-corrected chi connectivity index (χ3v) is 3.22. The lowest BCUT2D eigenvalue weighted by Crippen LogP contribution is -2.47. The monoisotopic (exact) mass is 278 g/mol. The number of aromatic carboxylic acids is 1. The van der Waals surface area contributed by atoms with Crippen molar-refractivity contribution in [2.75, 3.05) is 13.1 Å². The summed E-state index contributed by atoms with van der Waals surface area (Å²) in [5, 5.41) is 20.1. The average molecular weight is 278 g/mol. The van der Waals surface area contributed by atoms with Crippen LogP contribution in [0.5, 0.6) is 0 Å². The molecule has 3 rings (SSSR count).